The normalized spacial score (nSPS) is 17.6. The summed E-state index contributed by atoms with van der Waals surface area (Å²) >= 11 is 0. The number of hydrogen-bond acceptors (Lipinski definition) is 4. The molecule has 0 aromatic heterocycles. The summed E-state index contributed by atoms with van der Waals surface area (Å²) in [6, 6.07) is 16.3. The molecule has 0 bridgehead atoms. The molecule has 1 saturated heterocycles. The number of amides is 2. The van der Waals surface area contributed by atoms with Crippen molar-refractivity contribution < 1.29 is 19.1 Å². The van der Waals surface area contributed by atoms with E-state index in [0.717, 1.165) is 12.1 Å². The van der Waals surface area contributed by atoms with Gasteiger partial charge in [0.1, 0.15) is 0 Å². The van der Waals surface area contributed by atoms with Crippen molar-refractivity contribution in [2.45, 2.75) is 25.9 Å². The Morgan fingerprint density at radius 3 is 2.41 bits per heavy atom. The summed E-state index contributed by atoms with van der Waals surface area (Å²) in [5.41, 5.74) is 7.83. The molecular formula is C21H22N2O4. The Hall–Kier alpha value is -3.15. The van der Waals surface area contributed by atoms with Gasteiger partial charge < -0.3 is 15.4 Å². The Labute approximate surface area is 157 Å². The third-order valence-electron chi connectivity index (χ3n) is 4.71. The molecule has 1 aliphatic rings. The van der Waals surface area contributed by atoms with Crippen LogP contribution in [0.2, 0.25) is 0 Å². The minimum atomic E-state index is -1.16. The molecule has 0 unspecified atom stereocenters. The molecule has 2 aromatic carbocycles. The van der Waals surface area contributed by atoms with Gasteiger partial charge in [-0.05, 0) is 24.1 Å². The van der Waals surface area contributed by atoms with Gasteiger partial charge in [0.2, 0.25) is 12.0 Å². The van der Waals surface area contributed by atoms with Gasteiger partial charge in [0, 0.05) is 24.2 Å². The quantitative estimate of drug-likeness (QED) is 0.795. The average molecular weight is 366 g/mol. The number of anilines is 1. The second-order valence-corrected chi connectivity index (χ2v) is 6.56. The highest BCUT2D eigenvalue weighted by Crippen LogP contribution is 2.28. The third-order valence-corrected chi connectivity index (χ3v) is 4.71. The smallest absolute Gasteiger partial charge is 0.312 e. The van der Waals surface area contributed by atoms with E-state index < -0.39 is 23.9 Å². The minimum absolute atomic E-state index is 0.0502. The number of hydrogen-bond donors (Lipinski definition) is 1. The molecule has 0 radical (unpaired) electrons. The van der Waals surface area contributed by atoms with E-state index in [0.29, 0.717) is 5.56 Å². The highest BCUT2D eigenvalue weighted by molar-refractivity contribution is 5.99. The van der Waals surface area contributed by atoms with E-state index >= 15 is 0 Å². The summed E-state index contributed by atoms with van der Waals surface area (Å²) in [7, 11) is 0. The Balaban J connectivity index is 1.70. The molecule has 3 rings (SSSR count). The first-order valence-corrected chi connectivity index (χ1v) is 8.93. The number of rotatable bonds is 6. The van der Waals surface area contributed by atoms with Crippen LogP contribution in [0.25, 0.3) is 0 Å². The second-order valence-electron chi connectivity index (χ2n) is 6.56. The fourth-order valence-corrected chi connectivity index (χ4v) is 3.16. The van der Waals surface area contributed by atoms with E-state index in [9.17, 15) is 14.4 Å². The van der Waals surface area contributed by atoms with E-state index in [1.165, 1.54) is 5.56 Å². The summed E-state index contributed by atoms with van der Waals surface area (Å²) in [4.78, 5) is 38.2. The van der Waals surface area contributed by atoms with E-state index in [4.69, 9.17) is 10.5 Å². The first kappa shape index (κ1) is 18.6. The van der Waals surface area contributed by atoms with Crippen LogP contribution in [0.15, 0.2) is 54.6 Å². The van der Waals surface area contributed by atoms with Crippen molar-refractivity contribution in [1.82, 2.24) is 0 Å². The van der Waals surface area contributed by atoms with Crippen molar-refractivity contribution in [1.29, 1.82) is 0 Å². The van der Waals surface area contributed by atoms with Crippen molar-refractivity contribution in [3.63, 3.8) is 0 Å². The molecule has 140 valence electrons. The van der Waals surface area contributed by atoms with Crippen LogP contribution in [0, 0.1) is 5.92 Å². The summed E-state index contributed by atoms with van der Waals surface area (Å²) in [6.07, 6.45) is -0.196. The fourth-order valence-electron chi connectivity index (χ4n) is 3.16. The molecular weight excluding hydrogens is 344 g/mol. The van der Waals surface area contributed by atoms with E-state index in [-0.39, 0.29) is 18.9 Å². The Kier molecular flexibility index (Phi) is 5.54. The molecule has 6 nitrogen and oxygen atoms in total. The standard InChI is InChI=1S/C21H22N2O4/c1-2-14-8-10-17(11-9-14)23-13-16(12-18(23)24)21(26)27-19(20(22)25)15-6-4-3-5-7-15/h3-11,16,19H,2,12-13H2,1H3,(H2,22,25)/t16-,19-/m1/s1. The molecule has 6 heteroatoms. The van der Waals surface area contributed by atoms with Gasteiger partial charge in [-0.25, -0.2) is 0 Å². The number of esters is 1. The lowest BCUT2D eigenvalue weighted by Crippen LogP contribution is -2.30. The van der Waals surface area contributed by atoms with E-state index in [1.54, 1.807) is 35.2 Å². The van der Waals surface area contributed by atoms with E-state index in [2.05, 4.69) is 6.92 Å². The Bertz CT molecular complexity index is 833. The predicted molar refractivity (Wildman–Crippen MR) is 101 cm³/mol. The van der Waals surface area contributed by atoms with Crippen LogP contribution < -0.4 is 10.6 Å². The van der Waals surface area contributed by atoms with Crippen LogP contribution in [0.5, 0.6) is 0 Å². The molecule has 2 N–H and O–H groups in total. The zero-order valence-electron chi connectivity index (χ0n) is 15.1. The molecule has 2 atom stereocenters. The third kappa shape index (κ3) is 4.16. The van der Waals surface area contributed by atoms with Crippen LogP contribution in [0.3, 0.4) is 0 Å². The Morgan fingerprint density at radius 1 is 1.15 bits per heavy atom. The highest BCUT2D eigenvalue weighted by atomic mass is 16.5. The number of ether oxygens (including phenoxy) is 1. The maximum atomic E-state index is 12.5. The van der Waals surface area contributed by atoms with Crippen molar-refractivity contribution in [2.24, 2.45) is 11.7 Å². The van der Waals surface area contributed by atoms with Gasteiger partial charge >= 0.3 is 5.97 Å². The summed E-state index contributed by atoms with van der Waals surface area (Å²) in [5.74, 6) is -2.11. The SMILES string of the molecule is CCc1ccc(N2C[C@H](C(=O)O[C@@H](C(N)=O)c3ccccc3)CC2=O)cc1. The zero-order chi connectivity index (χ0) is 19.4. The van der Waals surface area contributed by atoms with Crippen LogP contribution >= 0.6 is 0 Å². The number of aryl methyl sites for hydroxylation is 1. The molecule has 2 amide bonds. The van der Waals surface area contributed by atoms with Crippen LogP contribution in [-0.4, -0.2) is 24.3 Å². The molecule has 0 saturated carbocycles. The first-order chi connectivity index (χ1) is 13.0. The van der Waals surface area contributed by atoms with Gasteiger partial charge in [-0.3, -0.25) is 14.4 Å². The second kappa shape index (κ2) is 8.03. The minimum Gasteiger partial charge on any atom is -0.447 e. The predicted octanol–water partition coefficient (Wildman–Crippen LogP) is 2.37. The fraction of sp³-hybridized carbons (Fsp3) is 0.286. The monoisotopic (exact) mass is 366 g/mol. The van der Waals surface area contributed by atoms with Gasteiger partial charge in [-0.2, -0.15) is 0 Å². The highest BCUT2D eigenvalue weighted by Gasteiger charge is 2.38. The molecule has 27 heavy (non-hydrogen) atoms. The summed E-state index contributed by atoms with van der Waals surface area (Å²) in [6.45, 7) is 2.29. The van der Waals surface area contributed by atoms with Gasteiger partial charge in [-0.15, -0.1) is 0 Å². The number of primary amides is 1. The lowest BCUT2D eigenvalue weighted by atomic mass is 10.1. The van der Waals surface area contributed by atoms with Gasteiger partial charge in [0.15, 0.2) is 0 Å². The Morgan fingerprint density at radius 2 is 1.81 bits per heavy atom. The summed E-state index contributed by atoms with van der Waals surface area (Å²) < 4.78 is 5.36. The van der Waals surface area contributed by atoms with Gasteiger partial charge in [-0.1, -0.05) is 49.4 Å². The van der Waals surface area contributed by atoms with Crippen molar-refractivity contribution >= 4 is 23.5 Å². The number of benzene rings is 2. The van der Waals surface area contributed by atoms with Crippen LogP contribution in [-0.2, 0) is 25.5 Å². The maximum absolute atomic E-state index is 12.5. The number of carbonyl (C=O) groups is 3. The number of nitrogens with two attached hydrogens (primary N) is 1. The lowest BCUT2D eigenvalue weighted by molar-refractivity contribution is -0.159. The number of carbonyl (C=O) groups excluding carboxylic acids is 3. The topological polar surface area (TPSA) is 89.7 Å². The number of nitrogens with zero attached hydrogens (tertiary/aromatic N) is 1. The van der Waals surface area contributed by atoms with Crippen molar-refractivity contribution in [3.8, 4) is 0 Å². The molecule has 2 aromatic rings. The van der Waals surface area contributed by atoms with Crippen molar-refractivity contribution in [3.05, 3.63) is 65.7 Å². The molecule has 1 aliphatic heterocycles. The first-order valence-electron chi connectivity index (χ1n) is 8.93. The van der Waals surface area contributed by atoms with Gasteiger partial charge in [0.05, 0.1) is 5.92 Å². The average Bonchev–Trinajstić information content (AvgIpc) is 3.08. The molecule has 0 aliphatic carbocycles. The van der Waals surface area contributed by atoms with Crippen LogP contribution in [0.1, 0.15) is 30.6 Å². The zero-order valence-corrected chi connectivity index (χ0v) is 15.1. The van der Waals surface area contributed by atoms with Crippen molar-refractivity contribution in [2.75, 3.05) is 11.4 Å². The summed E-state index contributed by atoms with van der Waals surface area (Å²) in [5, 5.41) is 0. The maximum Gasteiger partial charge on any atom is 0.312 e. The van der Waals surface area contributed by atoms with Gasteiger partial charge in [0.25, 0.3) is 5.91 Å². The van der Waals surface area contributed by atoms with E-state index in [1.807, 2.05) is 24.3 Å². The molecule has 1 heterocycles. The molecule has 0 spiro atoms. The largest absolute Gasteiger partial charge is 0.447 e. The lowest BCUT2D eigenvalue weighted by Gasteiger charge is -2.19. The van der Waals surface area contributed by atoms with Crippen LogP contribution in [0.4, 0.5) is 5.69 Å². The molecule has 1 fully saturated rings.